The molecule has 2 heterocycles. The van der Waals surface area contributed by atoms with E-state index in [9.17, 15) is 9.59 Å². The van der Waals surface area contributed by atoms with Gasteiger partial charge in [0, 0.05) is 23.4 Å². The van der Waals surface area contributed by atoms with Gasteiger partial charge in [-0.1, -0.05) is 0 Å². The first-order valence-corrected chi connectivity index (χ1v) is 12.9. The summed E-state index contributed by atoms with van der Waals surface area (Å²) >= 11 is 4.29. The molecule has 1 aromatic rings. The van der Waals surface area contributed by atoms with Crippen molar-refractivity contribution < 1.29 is 67.6 Å². The Balaban J connectivity index is 0. The topological polar surface area (TPSA) is 318 Å². The first-order chi connectivity index (χ1) is 14.0. The van der Waals surface area contributed by atoms with Gasteiger partial charge in [-0.2, -0.15) is 12.6 Å². The van der Waals surface area contributed by atoms with Gasteiger partial charge < -0.3 is 53.9 Å². The number of ether oxygens (including phenoxy) is 1. The minimum Gasteiger partial charge on any atom is -0.394 e. The number of aryl methyl sites for hydroxylation is 1. The normalized spacial score (nSPS) is 20.7. The molecule has 22 heteroatoms. The minimum atomic E-state index is -4.64. The predicted molar refractivity (Wildman–Crippen MR) is 107 cm³/mol. The number of thiol groups is 1. The standard InChI is InChI=1S/C10H14N2O4S.3H3O4P/c1-5-3-12(10(15)11-9(5)14)8-2-7(17)6(4-13)16-8;3*1-5(2,3)4/h3,6-8,13,17H,2,4H2,1H3,(H,11,14,15);3*(H3,1,2,3,4)/t6-,7?,8-;;;/m1.../s1. The number of nitrogens with zero attached hydrogens (tertiary/aromatic N) is 1. The zero-order valence-electron chi connectivity index (χ0n) is 15.9. The fraction of sp³-hybridized carbons (Fsp3) is 0.600. The second kappa shape index (κ2) is 13.9. The van der Waals surface area contributed by atoms with E-state index < -0.39 is 40.9 Å². The third kappa shape index (κ3) is 21.1. The van der Waals surface area contributed by atoms with Gasteiger partial charge in [0.1, 0.15) is 6.23 Å². The lowest BCUT2D eigenvalue weighted by molar-refractivity contribution is -0.0237. The molecule has 0 radical (unpaired) electrons. The first-order valence-electron chi connectivity index (χ1n) is 7.64. The van der Waals surface area contributed by atoms with E-state index in [4.69, 9.17) is 67.6 Å². The van der Waals surface area contributed by atoms with Gasteiger partial charge in [0.2, 0.25) is 0 Å². The maximum Gasteiger partial charge on any atom is 0.466 e. The van der Waals surface area contributed by atoms with Gasteiger partial charge in [-0.25, -0.2) is 18.5 Å². The largest absolute Gasteiger partial charge is 0.466 e. The van der Waals surface area contributed by atoms with Crippen molar-refractivity contribution in [2.45, 2.75) is 30.9 Å². The van der Waals surface area contributed by atoms with E-state index in [1.165, 1.54) is 10.8 Å². The van der Waals surface area contributed by atoms with Gasteiger partial charge >= 0.3 is 29.2 Å². The number of nitrogens with one attached hydrogen (secondary N) is 1. The zero-order valence-corrected chi connectivity index (χ0v) is 19.5. The fourth-order valence-corrected chi connectivity index (χ4v) is 2.20. The number of rotatable bonds is 2. The third-order valence-corrected chi connectivity index (χ3v) is 3.38. The molecule has 0 spiro atoms. The monoisotopic (exact) mass is 552 g/mol. The molecule has 32 heavy (non-hydrogen) atoms. The maximum atomic E-state index is 11.6. The molecule has 11 N–H and O–H groups in total. The maximum absolute atomic E-state index is 11.6. The summed E-state index contributed by atoms with van der Waals surface area (Å²) in [6, 6.07) is 0. The second-order valence-corrected chi connectivity index (χ2v) is 9.38. The van der Waals surface area contributed by atoms with Crippen LogP contribution in [0.3, 0.4) is 0 Å². The minimum absolute atomic E-state index is 0.121. The molecule has 18 nitrogen and oxygen atoms in total. The van der Waals surface area contributed by atoms with Crippen LogP contribution in [0.4, 0.5) is 0 Å². The van der Waals surface area contributed by atoms with Gasteiger partial charge in [-0.05, 0) is 6.92 Å². The van der Waals surface area contributed by atoms with Crippen molar-refractivity contribution >= 4 is 36.1 Å². The van der Waals surface area contributed by atoms with Gasteiger partial charge in [-0.15, -0.1) is 0 Å². The van der Waals surface area contributed by atoms with Crippen LogP contribution in [0.1, 0.15) is 18.2 Å². The lowest BCUT2D eigenvalue weighted by Crippen LogP contribution is -2.33. The third-order valence-electron chi connectivity index (χ3n) is 2.84. The molecule has 1 aliphatic rings. The van der Waals surface area contributed by atoms with Gasteiger partial charge in [-0.3, -0.25) is 14.3 Å². The molecule has 1 aliphatic heterocycles. The number of aromatic nitrogens is 2. The highest BCUT2D eigenvalue weighted by Crippen LogP contribution is 2.30. The molecule has 1 aromatic heterocycles. The highest BCUT2D eigenvalue weighted by atomic mass is 32.1. The Labute approximate surface area is 183 Å². The number of hydrogen-bond acceptors (Lipinski definition) is 8. The van der Waals surface area contributed by atoms with Crippen LogP contribution in [0.2, 0.25) is 0 Å². The Kier molecular flexibility index (Phi) is 14.5. The van der Waals surface area contributed by atoms with Crippen molar-refractivity contribution in [3.05, 3.63) is 32.6 Å². The fourth-order valence-electron chi connectivity index (χ4n) is 1.85. The molecule has 190 valence electrons. The number of H-pyrrole nitrogens is 1. The zero-order chi connectivity index (χ0) is 26.1. The molecule has 0 saturated carbocycles. The Bertz CT molecular complexity index is 889. The van der Waals surface area contributed by atoms with Crippen LogP contribution in [-0.2, 0) is 18.4 Å². The Morgan fingerprint density at radius 1 is 1.00 bits per heavy atom. The number of aliphatic hydroxyl groups is 1. The van der Waals surface area contributed by atoms with Crippen LogP contribution >= 0.6 is 36.1 Å². The number of hydrogen-bond donors (Lipinski definition) is 12. The van der Waals surface area contributed by atoms with Gasteiger partial charge in [0.05, 0.1) is 12.7 Å². The van der Waals surface area contributed by atoms with Crippen LogP contribution in [0.15, 0.2) is 15.8 Å². The summed E-state index contributed by atoms with van der Waals surface area (Å²) in [5.41, 5.74) is -0.466. The van der Waals surface area contributed by atoms with Crippen LogP contribution in [0.25, 0.3) is 0 Å². The smallest absolute Gasteiger partial charge is 0.394 e. The Morgan fingerprint density at radius 2 is 1.38 bits per heavy atom. The molecule has 1 unspecified atom stereocenters. The highest BCUT2D eigenvalue weighted by Gasteiger charge is 2.34. The van der Waals surface area contributed by atoms with E-state index in [0.717, 1.165) is 0 Å². The SMILES string of the molecule is Cc1cn([C@H]2CC(S)[C@@H](CO)O2)c(=O)[nH]c1=O.O=P(O)(O)O.O=P(O)(O)O.O=P(O)(O)O. The molecular weight excluding hydrogens is 529 g/mol. The van der Waals surface area contributed by atoms with Crippen LogP contribution in [0, 0.1) is 6.92 Å². The highest BCUT2D eigenvalue weighted by molar-refractivity contribution is 7.81. The van der Waals surface area contributed by atoms with Crippen LogP contribution in [0.5, 0.6) is 0 Å². The average Bonchev–Trinajstić information content (AvgIpc) is 2.86. The molecule has 0 amide bonds. The van der Waals surface area contributed by atoms with E-state index in [-0.39, 0.29) is 18.0 Å². The van der Waals surface area contributed by atoms with Gasteiger partial charge in [0.15, 0.2) is 0 Å². The Morgan fingerprint density at radius 3 is 1.69 bits per heavy atom. The van der Waals surface area contributed by atoms with Gasteiger partial charge in [0.25, 0.3) is 5.56 Å². The van der Waals surface area contributed by atoms with E-state index in [1.54, 1.807) is 6.92 Å². The summed E-state index contributed by atoms with van der Waals surface area (Å²) in [5, 5.41) is 8.93. The van der Waals surface area contributed by atoms with E-state index >= 15 is 0 Å². The molecular formula is C10H23N2O16P3S. The molecule has 2 rings (SSSR count). The molecule has 1 fully saturated rings. The predicted octanol–water partition coefficient (Wildman–Crippen LogP) is -3.36. The summed E-state index contributed by atoms with van der Waals surface area (Å²) in [6.45, 7) is 1.48. The van der Waals surface area contributed by atoms with E-state index in [2.05, 4.69) is 17.6 Å². The summed E-state index contributed by atoms with van der Waals surface area (Å²) in [5.74, 6) is 0. The van der Waals surface area contributed by atoms with Crippen molar-refractivity contribution in [1.82, 2.24) is 9.55 Å². The van der Waals surface area contributed by atoms with Crippen molar-refractivity contribution in [3.63, 3.8) is 0 Å². The van der Waals surface area contributed by atoms with E-state index in [0.29, 0.717) is 12.0 Å². The number of aliphatic hydroxyl groups excluding tert-OH is 1. The molecule has 0 bridgehead atoms. The summed E-state index contributed by atoms with van der Waals surface area (Å²) in [7, 11) is -13.9. The van der Waals surface area contributed by atoms with Crippen molar-refractivity contribution in [2.24, 2.45) is 0 Å². The molecule has 0 aliphatic carbocycles. The lowest BCUT2D eigenvalue weighted by atomic mass is 10.2. The van der Waals surface area contributed by atoms with E-state index in [1.807, 2.05) is 0 Å². The number of phosphoric acid groups is 3. The summed E-state index contributed by atoms with van der Waals surface area (Å²) in [6.07, 6.45) is 1.10. The van der Waals surface area contributed by atoms with Crippen LogP contribution in [-0.4, -0.2) is 76.7 Å². The average molecular weight is 552 g/mol. The summed E-state index contributed by atoms with van der Waals surface area (Å²) in [4.78, 5) is 89.8. The van der Waals surface area contributed by atoms with Crippen LogP contribution < -0.4 is 11.2 Å². The Hall–Kier alpha value is -0.720. The van der Waals surface area contributed by atoms with Crippen molar-refractivity contribution in [3.8, 4) is 0 Å². The summed E-state index contributed by atoms with van der Waals surface area (Å²) < 4.78 is 33.5. The number of aromatic amines is 1. The molecule has 3 atom stereocenters. The molecule has 0 aromatic carbocycles. The first kappa shape index (κ1) is 33.5. The lowest BCUT2D eigenvalue weighted by Gasteiger charge is -2.14. The molecule has 1 saturated heterocycles. The second-order valence-electron chi connectivity index (χ2n) is 5.63. The van der Waals surface area contributed by atoms with Crippen molar-refractivity contribution in [1.29, 1.82) is 0 Å². The quantitative estimate of drug-likeness (QED) is 0.126. The van der Waals surface area contributed by atoms with Crippen molar-refractivity contribution in [2.75, 3.05) is 6.61 Å².